The van der Waals surface area contributed by atoms with Crippen molar-refractivity contribution in [2.75, 3.05) is 14.2 Å². The zero-order valence-electron chi connectivity index (χ0n) is 15.1. The molecule has 0 atom stereocenters. The van der Waals surface area contributed by atoms with Crippen LogP contribution < -0.4 is 14.8 Å². The molecule has 27 heavy (non-hydrogen) atoms. The lowest BCUT2D eigenvalue weighted by Crippen LogP contribution is -2.48. The maximum absolute atomic E-state index is 12.7. The van der Waals surface area contributed by atoms with E-state index in [4.69, 9.17) is 9.47 Å². The highest BCUT2D eigenvalue weighted by Crippen LogP contribution is 2.35. The van der Waals surface area contributed by atoms with Crippen molar-refractivity contribution in [1.82, 2.24) is 10.3 Å². The second-order valence-corrected chi connectivity index (χ2v) is 6.46. The Hall–Kier alpha value is -3.17. The van der Waals surface area contributed by atoms with Crippen molar-refractivity contribution in [3.05, 3.63) is 27.8 Å². The topological polar surface area (TPSA) is 123 Å². The summed E-state index contributed by atoms with van der Waals surface area (Å²) in [6.45, 7) is 0. The van der Waals surface area contributed by atoms with E-state index in [0.29, 0.717) is 12.8 Å². The number of rotatable bonds is 5. The lowest BCUT2D eigenvalue weighted by Gasteiger charge is -2.29. The molecule has 144 valence electrons. The number of methoxy groups -OCH3 is 2. The number of carbonyl (C=O) groups is 2. The molecular weight excluding hydrogens is 356 g/mol. The monoisotopic (exact) mass is 376 g/mol. The van der Waals surface area contributed by atoms with Gasteiger partial charge in [-0.2, -0.15) is 5.10 Å². The van der Waals surface area contributed by atoms with E-state index in [0.717, 1.165) is 30.5 Å². The molecule has 10 nitrogen and oxygen atoms in total. The molecule has 2 aliphatic rings. The lowest BCUT2D eigenvalue weighted by molar-refractivity contribution is -0.385. The van der Waals surface area contributed by atoms with Gasteiger partial charge in [-0.1, -0.05) is 19.3 Å². The summed E-state index contributed by atoms with van der Waals surface area (Å²) in [5.74, 6) is 0.0366. The fourth-order valence-electron chi connectivity index (χ4n) is 3.47. The molecule has 1 N–H and O–H groups in total. The molecule has 0 radical (unpaired) electrons. The van der Waals surface area contributed by atoms with E-state index in [1.54, 1.807) is 0 Å². The van der Waals surface area contributed by atoms with Crippen LogP contribution in [0.25, 0.3) is 0 Å². The zero-order valence-corrected chi connectivity index (χ0v) is 15.1. The number of nitro benzene ring substituents is 1. The maximum atomic E-state index is 12.7. The minimum atomic E-state index is -0.907. The van der Waals surface area contributed by atoms with Gasteiger partial charge in [0.05, 0.1) is 37.0 Å². The Labute approximate surface area is 155 Å². The summed E-state index contributed by atoms with van der Waals surface area (Å²) in [5, 5.41) is 18.7. The van der Waals surface area contributed by atoms with Crippen molar-refractivity contribution in [2.45, 2.75) is 37.6 Å². The van der Waals surface area contributed by atoms with Gasteiger partial charge >= 0.3 is 6.03 Å². The molecule has 3 amide bonds. The van der Waals surface area contributed by atoms with E-state index < -0.39 is 22.4 Å². The molecule has 3 rings (SSSR count). The van der Waals surface area contributed by atoms with Gasteiger partial charge in [0.25, 0.3) is 11.6 Å². The molecule has 1 saturated carbocycles. The van der Waals surface area contributed by atoms with E-state index >= 15 is 0 Å². The number of hydrogen-bond donors (Lipinski definition) is 1. The summed E-state index contributed by atoms with van der Waals surface area (Å²) in [7, 11) is 2.76. The zero-order chi connectivity index (χ0) is 19.6. The van der Waals surface area contributed by atoms with Crippen LogP contribution >= 0.6 is 0 Å². The first-order valence-corrected chi connectivity index (χ1v) is 8.53. The lowest BCUT2D eigenvalue weighted by atomic mass is 9.82. The number of carbonyl (C=O) groups excluding carboxylic acids is 2. The van der Waals surface area contributed by atoms with Gasteiger partial charge in [-0.25, -0.2) is 4.79 Å². The van der Waals surface area contributed by atoms with Gasteiger partial charge in [0, 0.05) is 0 Å². The third kappa shape index (κ3) is 3.29. The van der Waals surface area contributed by atoms with Crippen LogP contribution in [0.15, 0.2) is 17.2 Å². The SMILES string of the molecule is COc1cc(/C=N\N2C(=O)NC3(CCCCC3)C2=O)c([N+](=O)[O-])cc1OC. The average Bonchev–Trinajstić information content (AvgIpc) is 2.89. The molecule has 10 heteroatoms. The molecule has 0 bridgehead atoms. The number of nitrogens with one attached hydrogen (secondary N) is 1. The Morgan fingerprint density at radius 3 is 2.41 bits per heavy atom. The van der Waals surface area contributed by atoms with Crippen molar-refractivity contribution in [3.8, 4) is 11.5 Å². The summed E-state index contributed by atoms with van der Waals surface area (Å²) in [6, 6.07) is 1.95. The highest BCUT2D eigenvalue weighted by atomic mass is 16.6. The summed E-state index contributed by atoms with van der Waals surface area (Å²) in [4.78, 5) is 35.7. The van der Waals surface area contributed by atoms with Gasteiger partial charge < -0.3 is 14.8 Å². The summed E-state index contributed by atoms with van der Waals surface area (Å²) in [5.41, 5.74) is -1.10. The number of imide groups is 1. The highest BCUT2D eigenvalue weighted by molar-refractivity contribution is 6.07. The number of amides is 3. The highest BCUT2D eigenvalue weighted by Gasteiger charge is 2.51. The Morgan fingerprint density at radius 2 is 1.81 bits per heavy atom. The number of ether oxygens (including phenoxy) is 2. The number of benzene rings is 1. The van der Waals surface area contributed by atoms with Crippen molar-refractivity contribution in [2.24, 2.45) is 5.10 Å². The fraction of sp³-hybridized carbons (Fsp3) is 0.471. The molecule has 1 spiro atoms. The summed E-state index contributed by atoms with van der Waals surface area (Å²) in [6.07, 6.45) is 4.97. The van der Waals surface area contributed by atoms with Crippen LogP contribution in [-0.4, -0.2) is 47.8 Å². The second-order valence-electron chi connectivity index (χ2n) is 6.46. The van der Waals surface area contributed by atoms with E-state index in [1.807, 2.05) is 0 Å². The number of nitro groups is 1. The quantitative estimate of drug-likeness (QED) is 0.364. The van der Waals surface area contributed by atoms with Crippen molar-refractivity contribution >= 4 is 23.8 Å². The molecule has 2 fully saturated rings. The van der Waals surface area contributed by atoms with Crippen molar-refractivity contribution in [3.63, 3.8) is 0 Å². The summed E-state index contributed by atoms with van der Waals surface area (Å²) < 4.78 is 10.2. The molecule has 1 saturated heterocycles. The Balaban J connectivity index is 1.92. The van der Waals surface area contributed by atoms with E-state index in [1.165, 1.54) is 26.4 Å². The minimum Gasteiger partial charge on any atom is -0.493 e. The first kappa shape index (κ1) is 18.6. The number of hydrogen-bond acceptors (Lipinski definition) is 7. The predicted octanol–water partition coefficient (Wildman–Crippen LogP) is 2.20. The van der Waals surface area contributed by atoms with Crippen LogP contribution in [0.3, 0.4) is 0 Å². The number of hydrazone groups is 1. The first-order chi connectivity index (χ1) is 12.9. The number of nitrogens with zero attached hydrogens (tertiary/aromatic N) is 3. The fourth-order valence-corrected chi connectivity index (χ4v) is 3.47. The van der Waals surface area contributed by atoms with Gasteiger partial charge in [0.1, 0.15) is 5.54 Å². The van der Waals surface area contributed by atoms with Gasteiger partial charge in [0.2, 0.25) is 0 Å². The predicted molar refractivity (Wildman–Crippen MR) is 95.0 cm³/mol. The van der Waals surface area contributed by atoms with Crippen LogP contribution in [0.2, 0.25) is 0 Å². The molecule has 0 aromatic heterocycles. The molecule has 1 aliphatic heterocycles. The number of urea groups is 1. The maximum Gasteiger partial charge on any atom is 0.346 e. The van der Waals surface area contributed by atoms with Gasteiger partial charge in [-0.15, -0.1) is 5.01 Å². The smallest absolute Gasteiger partial charge is 0.346 e. The molecular formula is C17H20N4O6. The molecule has 1 aliphatic carbocycles. The largest absolute Gasteiger partial charge is 0.493 e. The third-order valence-electron chi connectivity index (χ3n) is 4.89. The van der Waals surface area contributed by atoms with E-state index in [9.17, 15) is 19.7 Å². The molecule has 1 heterocycles. The first-order valence-electron chi connectivity index (χ1n) is 8.53. The van der Waals surface area contributed by atoms with Gasteiger partial charge in [-0.05, 0) is 18.9 Å². The van der Waals surface area contributed by atoms with E-state index in [2.05, 4.69) is 10.4 Å². The molecule has 1 aromatic rings. The van der Waals surface area contributed by atoms with Crippen molar-refractivity contribution in [1.29, 1.82) is 0 Å². The van der Waals surface area contributed by atoms with Gasteiger partial charge in [-0.3, -0.25) is 14.9 Å². The minimum absolute atomic E-state index is 0.0860. The Morgan fingerprint density at radius 1 is 1.19 bits per heavy atom. The molecule has 0 unspecified atom stereocenters. The van der Waals surface area contributed by atoms with Crippen LogP contribution in [0, 0.1) is 10.1 Å². The van der Waals surface area contributed by atoms with Crippen LogP contribution in [0.1, 0.15) is 37.7 Å². The third-order valence-corrected chi connectivity index (χ3v) is 4.89. The average molecular weight is 376 g/mol. The van der Waals surface area contributed by atoms with E-state index in [-0.39, 0.29) is 22.7 Å². The van der Waals surface area contributed by atoms with Crippen LogP contribution in [0.4, 0.5) is 10.5 Å². The standard InChI is InChI=1S/C17H20N4O6/c1-26-13-8-11(12(21(24)25)9-14(13)27-2)10-18-20-15(22)17(19-16(20)23)6-4-3-5-7-17/h8-10H,3-7H2,1-2H3,(H,19,23)/b18-10-. The second kappa shape index (κ2) is 7.22. The van der Waals surface area contributed by atoms with Crippen molar-refractivity contribution < 1.29 is 24.0 Å². The van der Waals surface area contributed by atoms with Crippen LogP contribution in [0.5, 0.6) is 11.5 Å². The van der Waals surface area contributed by atoms with Crippen LogP contribution in [-0.2, 0) is 4.79 Å². The molecule has 1 aromatic carbocycles. The van der Waals surface area contributed by atoms with Gasteiger partial charge in [0.15, 0.2) is 11.5 Å². The summed E-state index contributed by atoms with van der Waals surface area (Å²) >= 11 is 0. The Kier molecular flexibility index (Phi) is 4.98. The normalized spacial score (nSPS) is 18.8. The Bertz CT molecular complexity index is 816.